The van der Waals surface area contributed by atoms with Gasteiger partial charge in [-0.2, -0.15) is 0 Å². The molecule has 0 spiro atoms. The van der Waals surface area contributed by atoms with Crippen LogP contribution in [-0.2, 0) is 19.2 Å². The number of ketones is 4. The highest BCUT2D eigenvalue weighted by Gasteiger charge is 2.72. The highest BCUT2D eigenvalue weighted by molar-refractivity contribution is 6.32. The Labute approximate surface area is 218 Å². The zero-order valence-corrected chi connectivity index (χ0v) is 21.0. The van der Waals surface area contributed by atoms with Crippen LogP contribution in [0.3, 0.4) is 0 Å². The monoisotopic (exact) mass is 520 g/mol. The second-order valence-corrected chi connectivity index (χ2v) is 10.7. The summed E-state index contributed by atoms with van der Waals surface area (Å²) in [5.74, 6) is -13.3. The van der Waals surface area contributed by atoms with Gasteiger partial charge in [-0.05, 0) is 31.1 Å². The minimum Gasteiger partial charge on any atom is -0.507 e. The molecule has 2 saturated carbocycles. The first kappa shape index (κ1) is 25.9. The van der Waals surface area contributed by atoms with E-state index in [1.54, 1.807) is 49.4 Å². The number of nitrogens with two attached hydrogens (primary N) is 1. The molecule has 198 valence electrons. The van der Waals surface area contributed by atoms with Crippen molar-refractivity contribution in [1.82, 2.24) is 4.90 Å². The summed E-state index contributed by atoms with van der Waals surface area (Å²) in [5.41, 5.74) is 3.56. The van der Waals surface area contributed by atoms with E-state index in [1.165, 1.54) is 19.0 Å². The molecule has 0 bridgehead atoms. The average molecular weight is 521 g/mol. The number of primary amides is 1. The van der Waals surface area contributed by atoms with E-state index in [0.29, 0.717) is 16.7 Å². The number of likely N-dealkylation sites (N-methyl/N-ethyl adjacent to an activating group) is 1. The lowest BCUT2D eigenvalue weighted by Gasteiger charge is -2.56. The number of Topliss-reactive ketones (excluding diaryl/α,β-unsaturated/α-hetero) is 4. The number of hydrogen-bond donors (Lipinski definition) is 4. The molecule has 2 aromatic rings. The van der Waals surface area contributed by atoms with Crippen molar-refractivity contribution in [1.29, 1.82) is 0 Å². The maximum atomic E-state index is 14.0. The number of benzene rings is 2. The van der Waals surface area contributed by atoms with Crippen molar-refractivity contribution in [3.8, 4) is 16.9 Å². The first-order valence-corrected chi connectivity index (χ1v) is 12.3. The van der Waals surface area contributed by atoms with E-state index in [1.807, 2.05) is 0 Å². The molecule has 0 saturated heterocycles. The van der Waals surface area contributed by atoms with Crippen molar-refractivity contribution >= 4 is 29.0 Å². The summed E-state index contributed by atoms with van der Waals surface area (Å²) in [6.07, 6.45) is -1.65. The van der Waals surface area contributed by atoms with Gasteiger partial charge in [-0.3, -0.25) is 28.9 Å². The van der Waals surface area contributed by atoms with E-state index >= 15 is 0 Å². The number of nitrogens with zero attached hydrogens (tertiary/aromatic N) is 1. The van der Waals surface area contributed by atoms with E-state index in [9.17, 15) is 39.3 Å². The Hall–Kier alpha value is -3.73. The lowest BCUT2D eigenvalue weighted by molar-refractivity contribution is -0.196. The number of phenolic OH excluding ortho intramolecular Hbond substituents is 1. The van der Waals surface area contributed by atoms with Gasteiger partial charge in [-0.15, -0.1) is 0 Å². The minimum atomic E-state index is -3.01. The first-order valence-electron chi connectivity index (χ1n) is 12.3. The van der Waals surface area contributed by atoms with Gasteiger partial charge in [-0.25, -0.2) is 0 Å². The van der Waals surface area contributed by atoms with Crippen molar-refractivity contribution in [2.45, 2.75) is 30.6 Å². The quantitative estimate of drug-likeness (QED) is 0.408. The molecule has 0 aliphatic heterocycles. The molecule has 38 heavy (non-hydrogen) atoms. The molecule has 3 aliphatic carbocycles. The summed E-state index contributed by atoms with van der Waals surface area (Å²) in [7, 11) is 2.90. The predicted octanol–water partition coefficient (Wildman–Crippen LogP) is 0.0658. The molecule has 8 atom stereocenters. The molecule has 0 heterocycles. The molecule has 5 rings (SSSR count). The van der Waals surface area contributed by atoms with Gasteiger partial charge in [0.1, 0.15) is 5.75 Å². The number of carbonyl (C=O) groups is 5. The number of phenols is 1. The molecular weight excluding hydrogens is 492 g/mol. The lowest BCUT2D eigenvalue weighted by Crippen LogP contribution is -2.77. The number of amides is 1. The summed E-state index contributed by atoms with van der Waals surface area (Å²) in [6.45, 7) is 1.68. The molecule has 5 N–H and O–H groups in total. The Kier molecular flexibility index (Phi) is 5.90. The fourth-order valence-electron chi connectivity index (χ4n) is 6.84. The van der Waals surface area contributed by atoms with Crippen LogP contribution in [0.4, 0.5) is 0 Å². The zero-order valence-electron chi connectivity index (χ0n) is 21.0. The Bertz CT molecular complexity index is 1400. The standard InChI is InChI=1S/C28H28N2O8/c1-11-13-9-10-14(12-7-5-4-6-8-12)21(31)16(13)22(32)17-15(11)23(33)19-20(30(2)3)24(34)18(27(29)37)26(36)28(19,38)25(17)35/h4-11,15,17-20,23,31,33,38H,1-3H3,(H2,29,37)/t11-,15+,17?,18?,19+,20-,23-,28-/m0/s1. The van der Waals surface area contributed by atoms with Crippen molar-refractivity contribution in [2.24, 2.45) is 29.4 Å². The maximum Gasteiger partial charge on any atom is 0.235 e. The van der Waals surface area contributed by atoms with E-state index in [4.69, 9.17) is 5.73 Å². The van der Waals surface area contributed by atoms with Gasteiger partial charge in [0, 0.05) is 11.5 Å². The molecule has 0 aromatic heterocycles. The largest absolute Gasteiger partial charge is 0.507 e. The molecule has 0 radical (unpaired) electrons. The Morgan fingerprint density at radius 1 is 1.00 bits per heavy atom. The summed E-state index contributed by atoms with van der Waals surface area (Å²) in [4.78, 5) is 67.9. The molecule has 10 heteroatoms. The van der Waals surface area contributed by atoms with Gasteiger partial charge in [0.05, 0.1) is 29.5 Å². The maximum absolute atomic E-state index is 14.0. The van der Waals surface area contributed by atoms with Crippen LogP contribution in [0.5, 0.6) is 5.75 Å². The molecule has 2 aromatic carbocycles. The van der Waals surface area contributed by atoms with E-state index in [0.717, 1.165) is 0 Å². The highest BCUT2D eigenvalue weighted by Crippen LogP contribution is 2.55. The number of hydrogen-bond acceptors (Lipinski definition) is 9. The summed E-state index contributed by atoms with van der Waals surface area (Å²) in [5, 5.41) is 34.5. The highest BCUT2D eigenvalue weighted by atomic mass is 16.3. The Morgan fingerprint density at radius 2 is 1.63 bits per heavy atom. The zero-order chi connectivity index (χ0) is 27.8. The number of aromatic hydroxyl groups is 1. The van der Waals surface area contributed by atoms with Crippen molar-refractivity contribution in [2.75, 3.05) is 14.1 Å². The Morgan fingerprint density at radius 3 is 2.21 bits per heavy atom. The van der Waals surface area contributed by atoms with Gasteiger partial charge in [-0.1, -0.05) is 49.4 Å². The third-order valence-corrected chi connectivity index (χ3v) is 8.57. The van der Waals surface area contributed by atoms with Crippen LogP contribution < -0.4 is 5.73 Å². The van der Waals surface area contributed by atoms with Gasteiger partial charge in [0.2, 0.25) is 5.91 Å². The van der Waals surface area contributed by atoms with Crippen molar-refractivity contribution in [3.63, 3.8) is 0 Å². The van der Waals surface area contributed by atoms with Gasteiger partial charge in [0.25, 0.3) is 0 Å². The van der Waals surface area contributed by atoms with Crippen molar-refractivity contribution in [3.05, 3.63) is 53.6 Å². The van der Waals surface area contributed by atoms with Gasteiger partial charge in [0.15, 0.2) is 34.7 Å². The van der Waals surface area contributed by atoms with Crippen LogP contribution in [-0.4, -0.2) is 81.1 Å². The van der Waals surface area contributed by atoms with Gasteiger partial charge >= 0.3 is 0 Å². The third-order valence-electron chi connectivity index (χ3n) is 8.57. The Balaban J connectivity index is 1.71. The lowest BCUT2D eigenvalue weighted by atomic mass is 9.49. The SMILES string of the molecule is C[C@H]1c2ccc(-c3ccccc3)c(O)c2C(=O)C2C(=O)[C@]3(O)C(=O)C(C(N)=O)C(=O)[C@@H](N(C)C)[C@@H]3[C@@H](O)[C@@H]21. The number of rotatable bonds is 3. The summed E-state index contributed by atoms with van der Waals surface area (Å²) < 4.78 is 0. The van der Waals surface area contributed by atoms with Crippen LogP contribution in [0.25, 0.3) is 11.1 Å². The van der Waals surface area contributed by atoms with E-state index < -0.39 is 76.4 Å². The van der Waals surface area contributed by atoms with Crippen LogP contribution in [0, 0.1) is 23.7 Å². The van der Waals surface area contributed by atoms with E-state index in [2.05, 4.69) is 0 Å². The topological polar surface area (TPSA) is 175 Å². The second kappa shape index (κ2) is 8.65. The smallest absolute Gasteiger partial charge is 0.235 e. The fraction of sp³-hybridized carbons (Fsp3) is 0.393. The van der Waals surface area contributed by atoms with Gasteiger partial charge < -0.3 is 21.1 Å². The summed E-state index contributed by atoms with van der Waals surface area (Å²) >= 11 is 0. The molecule has 10 nitrogen and oxygen atoms in total. The normalized spacial score (nSPS) is 34.5. The number of aliphatic hydroxyl groups excluding tert-OH is 1. The van der Waals surface area contributed by atoms with Crippen LogP contribution >= 0.6 is 0 Å². The van der Waals surface area contributed by atoms with Crippen molar-refractivity contribution < 1.29 is 39.3 Å². The molecule has 2 fully saturated rings. The molecule has 1 amide bonds. The molecule has 2 unspecified atom stereocenters. The molecule has 3 aliphatic rings. The van der Waals surface area contributed by atoms with Crippen LogP contribution in [0.15, 0.2) is 42.5 Å². The number of carbonyl (C=O) groups excluding carboxylic acids is 5. The summed E-state index contributed by atoms with van der Waals surface area (Å²) in [6, 6.07) is 10.7. The minimum absolute atomic E-state index is 0.127. The average Bonchev–Trinajstić information content (AvgIpc) is 2.86. The number of fused-ring (bicyclic) bond motifs is 3. The first-order chi connectivity index (χ1) is 17.8. The van der Waals surface area contributed by atoms with Crippen LogP contribution in [0.2, 0.25) is 0 Å². The number of aliphatic hydroxyl groups is 2. The van der Waals surface area contributed by atoms with E-state index in [-0.39, 0.29) is 11.3 Å². The molecular formula is C28H28N2O8. The second-order valence-electron chi connectivity index (χ2n) is 10.7. The third kappa shape index (κ3) is 3.20. The van der Waals surface area contributed by atoms with Crippen LogP contribution in [0.1, 0.15) is 28.8 Å². The fourth-order valence-corrected chi connectivity index (χ4v) is 6.84. The predicted molar refractivity (Wildman–Crippen MR) is 133 cm³/mol.